The maximum Gasteiger partial charge on any atom is 0.0901 e. The quantitative estimate of drug-likeness (QED) is 0.624. The lowest BCUT2D eigenvalue weighted by atomic mass is 9.46. The predicted molar refractivity (Wildman–Crippen MR) is 79.5 cm³/mol. The van der Waals surface area contributed by atoms with E-state index in [1.807, 2.05) is 0 Å². The van der Waals surface area contributed by atoms with Crippen LogP contribution >= 0.6 is 0 Å². The SMILES string of the molecule is C[C@@H]1CC[C@H]2[C@H](CC[C@H]3C(C)(C)CC4OC4[C@]23C)CO1. The molecule has 2 unspecified atom stereocenters. The lowest BCUT2D eigenvalue weighted by Crippen LogP contribution is -2.55. The molecule has 4 fully saturated rings. The molecule has 2 nitrogen and oxygen atoms in total. The lowest BCUT2D eigenvalue weighted by Gasteiger charge is -2.57. The third kappa shape index (κ3) is 1.76. The number of hydrogen-bond donors (Lipinski definition) is 0. The van der Waals surface area contributed by atoms with E-state index in [1.165, 1.54) is 32.1 Å². The first-order chi connectivity index (χ1) is 9.43. The second-order valence-corrected chi connectivity index (χ2v) is 8.87. The van der Waals surface area contributed by atoms with Gasteiger partial charge in [0.15, 0.2) is 0 Å². The molecule has 2 heteroatoms. The van der Waals surface area contributed by atoms with Crippen LogP contribution in [0.2, 0.25) is 0 Å². The fraction of sp³-hybridized carbons (Fsp3) is 1.00. The monoisotopic (exact) mass is 278 g/mol. The molecule has 2 aliphatic heterocycles. The van der Waals surface area contributed by atoms with Crippen LogP contribution in [-0.4, -0.2) is 24.9 Å². The molecule has 7 atom stereocenters. The number of epoxide rings is 1. The Bertz CT molecular complexity index is 404. The van der Waals surface area contributed by atoms with Crippen LogP contribution < -0.4 is 0 Å². The molecule has 0 bridgehead atoms. The summed E-state index contributed by atoms with van der Waals surface area (Å²) in [7, 11) is 0. The molecule has 0 aromatic heterocycles. The van der Waals surface area contributed by atoms with Crippen molar-refractivity contribution in [1.29, 1.82) is 0 Å². The molecule has 2 saturated carbocycles. The van der Waals surface area contributed by atoms with E-state index in [2.05, 4.69) is 27.7 Å². The van der Waals surface area contributed by atoms with Crippen LogP contribution in [0.15, 0.2) is 0 Å². The zero-order chi connectivity index (χ0) is 14.1. The fourth-order valence-corrected chi connectivity index (χ4v) is 6.34. The van der Waals surface area contributed by atoms with Crippen LogP contribution in [0, 0.1) is 28.6 Å². The number of hydrogen-bond acceptors (Lipinski definition) is 2. The Morgan fingerprint density at radius 1 is 1.00 bits per heavy atom. The van der Waals surface area contributed by atoms with Crippen molar-refractivity contribution in [3.63, 3.8) is 0 Å². The Balaban J connectivity index is 1.69. The Kier molecular flexibility index (Phi) is 2.87. The maximum absolute atomic E-state index is 6.16. The van der Waals surface area contributed by atoms with E-state index in [4.69, 9.17) is 9.47 Å². The molecule has 0 radical (unpaired) electrons. The topological polar surface area (TPSA) is 21.8 Å². The molecule has 114 valence electrons. The molecule has 4 rings (SSSR count). The molecule has 20 heavy (non-hydrogen) atoms. The van der Waals surface area contributed by atoms with Crippen LogP contribution in [0.3, 0.4) is 0 Å². The minimum absolute atomic E-state index is 0.406. The Morgan fingerprint density at radius 2 is 1.80 bits per heavy atom. The average molecular weight is 278 g/mol. The lowest BCUT2D eigenvalue weighted by molar-refractivity contribution is -0.0973. The van der Waals surface area contributed by atoms with Gasteiger partial charge in [0.2, 0.25) is 0 Å². The van der Waals surface area contributed by atoms with Gasteiger partial charge in [0.05, 0.1) is 24.9 Å². The Hall–Kier alpha value is -0.0800. The highest BCUT2D eigenvalue weighted by Crippen LogP contribution is 2.67. The fourth-order valence-electron chi connectivity index (χ4n) is 6.34. The predicted octanol–water partition coefficient (Wildman–Crippen LogP) is 4.03. The van der Waals surface area contributed by atoms with Crippen molar-refractivity contribution >= 4 is 0 Å². The largest absolute Gasteiger partial charge is 0.378 e. The van der Waals surface area contributed by atoms with Crippen molar-refractivity contribution in [2.45, 2.75) is 78.1 Å². The molecular weight excluding hydrogens is 248 g/mol. The van der Waals surface area contributed by atoms with Gasteiger partial charge >= 0.3 is 0 Å². The highest BCUT2D eigenvalue weighted by atomic mass is 16.6. The normalized spacial score (nSPS) is 57.0. The molecule has 0 N–H and O–H groups in total. The van der Waals surface area contributed by atoms with Gasteiger partial charge in [0, 0.05) is 5.41 Å². The Labute approximate surface area is 123 Å². The van der Waals surface area contributed by atoms with Gasteiger partial charge in [-0.15, -0.1) is 0 Å². The van der Waals surface area contributed by atoms with Gasteiger partial charge < -0.3 is 9.47 Å². The summed E-state index contributed by atoms with van der Waals surface area (Å²) < 4.78 is 12.2. The number of fused-ring (bicyclic) bond motifs is 5. The number of ether oxygens (including phenoxy) is 2. The van der Waals surface area contributed by atoms with Crippen LogP contribution in [0.5, 0.6) is 0 Å². The summed E-state index contributed by atoms with van der Waals surface area (Å²) in [5.74, 6) is 2.44. The smallest absolute Gasteiger partial charge is 0.0901 e. The van der Waals surface area contributed by atoms with Crippen molar-refractivity contribution in [2.75, 3.05) is 6.61 Å². The van der Waals surface area contributed by atoms with Crippen LogP contribution in [0.4, 0.5) is 0 Å². The van der Waals surface area contributed by atoms with Crippen LogP contribution in [-0.2, 0) is 9.47 Å². The summed E-state index contributed by atoms with van der Waals surface area (Å²) in [5.41, 5.74) is 0.860. The second-order valence-electron chi connectivity index (χ2n) is 8.87. The van der Waals surface area contributed by atoms with Gasteiger partial charge in [-0.25, -0.2) is 0 Å². The summed E-state index contributed by atoms with van der Waals surface area (Å²) in [5, 5.41) is 0. The maximum atomic E-state index is 6.16. The minimum atomic E-state index is 0.406. The summed E-state index contributed by atoms with van der Waals surface area (Å²) in [4.78, 5) is 0. The summed E-state index contributed by atoms with van der Waals surface area (Å²) in [6.45, 7) is 10.8. The number of rotatable bonds is 0. The molecule has 0 amide bonds. The molecule has 2 heterocycles. The highest BCUT2D eigenvalue weighted by molar-refractivity contribution is 5.15. The molecule has 2 saturated heterocycles. The first-order valence-electron chi connectivity index (χ1n) is 8.70. The van der Waals surface area contributed by atoms with Gasteiger partial charge in [-0.3, -0.25) is 0 Å². The van der Waals surface area contributed by atoms with E-state index in [0.717, 1.165) is 24.4 Å². The molecule has 0 spiro atoms. The third-order valence-corrected chi connectivity index (χ3v) is 7.29. The Morgan fingerprint density at radius 3 is 2.60 bits per heavy atom. The first kappa shape index (κ1) is 13.6. The summed E-state index contributed by atoms with van der Waals surface area (Å²) in [6, 6.07) is 0. The van der Waals surface area contributed by atoms with E-state index >= 15 is 0 Å². The zero-order valence-corrected chi connectivity index (χ0v) is 13.5. The van der Waals surface area contributed by atoms with Gasteiger partial charge in [-0.2, -0.15) is 0 Å². The molecule has 4 aliphatic rings. The standard InChI is InChI=1S/C18H30O2/c1-11-5-7-13-12(10-19-11)6-8-15-17(2,3)9-14-16(20-14)18(13,15)4/h11-16H,5-10H2,1-4H3/t11-,12-,13+,14?,15+,16?,18-/m1/s1. The van der Waals surface area contributed by atoms with E-state index < -0.39 is 0 Å². The summed E-state index contributed by atoms with van der Waals surface area (Å²) in [6.07, 6.45) is 8.20. The van der Waals surface area contributed by atoms with E-state index in [1.54, 1.807) is 0 Å². The van der Waals surface area contributed by atoms with Crippen LogP contribution in [0.25, 0.3) is 0 Å². The van der Waals surface area contributed by atoms with Gasteiger partial charge in [-0.05, 0) is 62.2 Å². The summed E-state index contributed by atoms with van der Waals surface area (Å²) >= 11 is 0. The molecule has 0 aromatic carbocycles. The minimum Gasteiger partial charge on any atom is -0.378 e. The van der Waals surface area contributed by atoms with E-state index in [-0.39, 0.29) is 0 Å². The van der Waals surface area contributed by atoms with Crippen LogP contribution in [0.1, 0.15) is 59.8 Å². The zero-order valence-electron chi connectivity index (χ0n) is 13.5. The second kappa shape index (κ2) is 4.23. The first-order valence-corrected chi connectivity index (χ1v) is 8.70. The van der Waals surface area contributed by atoms with E-state index in [0.29, 0.717) is 29.1 Å². The van der Waals surface area contributed by atoms with Crippen molar-refractivity contribution in [2.24, 2.45) is 28.6 Å². The average Bonchev–Trinajstić information content (AvgIpc) is 3.14. The van der Waals surface area contributed by atoms with Gasteiger partial charge in [0.1, 0.15) is 0 Å². The third-order valence-electron chi connectivity index (χ3n) is 7.29. The van der Waals surface area contributed by atoms with E-state index in [9.17, 15) is 0 Å². The van der Waals surface area contributed by atoms with Crippen molar-refractivity contribution in [3.8, 4) is 0 Å². The van der Waals surface area contributed by atoms with Crippen molar-refractivity contribution < 1.29 is 9.47 Å². The van der Waals surface area contributed by atoms with Crippen molar-refractivity contribution in [1.82, 2.24) is 0 Å². The molecule has 0 aromatic rings. The van der Waals surface area contributed by atoms with Gasteiger partial charge in [-0.1, -0.05) is 20.8 Å². The van der Waals surface area contributed by atoms with Crippen molar-refractivity contribution in [3.05, 3.63) is 0 Å². The molecule has 2 aliphatic carbocycles. The molecular formula is C18H30O2. The highest BCUT2D eigenvalue weighted by Gasteiger charge is 2.68. The van der Waals surface area contributed by atoms with Gasteiger partial charge in [0.25, 0.3) is 0 Å².